The number of hydrogen-bond acceptors (Lipinski definition) is 3. The summed E-state index contributed by atoms with van der Waals surface area (Å²) in [4.78, 5) is 6.49. The van der Waals surface area contributed by atoms with Crippen LogP contribution in [0.2, 0.25) is 0 Å². The predicted molar refractivity (Wildman–Crippen MR) is 64.9 cm³/mol. The molecule has 1 aromatic rings. The molecule has 0 fully saturated rings. The number of hydrogen-bond donors (Lipinski definition) is 1. The van der Waals surface area contributed by atoms with E-state index in [2.05, 4.69) is 23.4 Å². The van der Waals surface area contributed by atoms with Gasteiger partial charge < -0.3 is 10.6 Å². The fourth-order valence-corrected chi connectivity index (χ4v) is 1.43. The van der Waals surface area contributed by atoms with Gasteiger partial charge in [0.05, 0.1) is 0 Å². The third-order valence-electron chi connectivity index (χ3n) is 2.35. The van der Waals surface area contributed by atoms with E-state index < -0.39 is 0 Å². The molecule has 0 aliphatic heterocycles. The Labute approximate surface area is 91.6 Å². The quantitative estimate of drug-likeness (QED) is 0.749. The Balaban J connectivity index is 2.92. The topological polar surface area (TPSA) is 42.1 Å². The Hall–Kier alpha value is -1.35. The van der Waals surface area contributed by atoms with Crippen LogP contribution < -0.4 is 10.6 Å². The van der Waals surface area contributed by atoms with Crippen molar-refractivity contribution in [2.75, 3.05) is 18.0 Å². The van der Waals surface area contributed by atoms with Crippen LogP contribution in [0, 0.1) is 0 Å². The Morgan fingerprint density at radius 2 is 2.40 bits per heavy atom. The van der Waals surface area contributed by atoms with Gasteiger partial charge in [0.1, 0.15) is 5.82 Å². The summed E-state index contributed by atoms with van der Waals surface area (Å²) in [5.41, 5.74) is 6.95. The molecular formula is C12H19N3. The molecule has 15 heavy (non-hydrogen) atoms. The summed E-state index contributed by atoms with van der Waals surface area (Å²) in [5, 5.41) is 0. The number of nitrogens with two attached hydrogens (primary N) is 1. The molecule has 0 aromatic carbocycles. The number of likely N-dealkylation sites (N-methyl/N-ethyl adjacent to an activating group) is 1. The van der Waals surface area contributed by atoms with Crippen LogP contribution in [0.25, 0.3) is 0 Å². The lowest BCUT2D eigenvalue weighted by Gasteiger charge is -2.21. The third kappa shape index (κ3) is 3.06. The maximum atomic E-state index is 5.83. The van der Waals surface area contributed by atoms with Crippen molar-refractivity contribution in [3.05, 3.63) is 36.5 Å². The molecule has 2 N–H and O–H groups in total. The second-order valence-corrected chi connectivity index (χ2v) is 3.56. The van der Waals surface area contributed by atoms with Gasteiger partial charge in [-0.15, -0.1) is 6.58 Å². The van der Waals surface area contributed by atoms with Crippen molar-refractivity contribution >= 4 is 5.82 Å². The molecule has 0 saturated carbocycles. The second-order valence-electron chi connectivity index (χ2n) is 3.56. The van der Waals surface area contributed by atoms with Gasteiger partial charge in [0, 0.05) is 25.3 Å². The van der Waals surface area contributed by atoms with E-state index in [-0.39, 0.29) is 6.04 Å². The van der Waals surface area contributed by atoms with Gasteiger partial charge in [0.2, 0.25) is 0 Å². The minimum atomic E-state index is 0.0502. The van der Waals surface area contributed by atoms with Crippen molar-refractivity contribution in [1.82, 2.24) is 4.98 Å². The molecule has 3 nitrogen and oxygen atoms in total. The van der Waals surface area contributed by atoms with E-state index in [9.17, 15) is 0 Å². The van der Waals surface area contributed by atoms with Crippen LogP contribution >= 0.6 is 0 Å². The van der Waals surface area contributed by atoms with E-state index >= 15 is 0 Å². The summed E-state index contributed by atoms with van der Waals surface area (Å²) >= 11 is 0. The van der Waals surface area contributed by atoms with Gasteiger partial charge in [-0.25, -0.2) is 4.98 Å². The van der Waals surface area contributed by atoms with Gasteiger partial charge in [0.15, 0.2) is 0 Å². The highest BCUT2D eigenvalue weighted by atomic mass is 15.2. The lowest BCUT2D eigenvalue weighted by molar-refractivity contribution is 0.808. The first-order valence-corrected chi connectivity index (χ1v) is 5.26. The Kier molecular flexibility index (Phi) is 4.31. The Morgan fingerprint density at radius 1 is 1.67 bits per heavy atom. The second kappa shape index (κ2) is 5.51. The zero-order chi connectivity index (χ0) is 11.3. The molecule has 0 radical (unpaired) electrons. The molecule has 0 amide bonds. The van der Waals surface area contributed by atoms with Crippen molar-refractivity contribution < 1.29 is 0 Å². The SMILES string of the molecule is C=CCN(CC)c1cc([C@@H](C)N)ccn1. The first-order valence-electron chi connectivity index (χ1n) is 5.26. The zero-order valence-corrected chi connectivity index (χ0v) is 9.48. The minimum Gasteiger partial charge on any atom is -0.353 e. The average Bonchev–Trinajstić information content (AvgIpc) is 2.26. The fourth-order valence-electron chi connectivity index (χ4n) is 1.43. The lowest BCUT2D eigenvalue weighted by Crippen LogP contribution is -2.23. The molecule has 0 saturated heterocycles. The Bertz CT molecular complexity index is 320. The van der Waals surface area contributed by atoms with Crippen LogP contribution in [0.1, 0.15) is 25.5 Å². The van der Waals surface area contributed by atoms with Crippen LogP contribution in [0.4, 0.5) is 5.82 Å². The standard InChI is InChI=1S/C12H19N3/c1-4-8-15(5-2)12-9-11(10(3)13)6-7-14-12/h4,6-7,9-10H,1,5,8,13H2,2-3H3/t10-/m1/s1. The van der Waals surface area contributed by atoms with E-state index in [0.29, 0.717) is 0 Å². The van der Waals surface area contributed by atoms with Gasteiger partial charge in [-0.2, -0.15) is 0 Å². The highest BCUT2D eigenvalue weighted by Crippen LogP contribution is 2.16. The molecule has 0 bridgehead atoms. The van der Waals surface area contributed by atoms with E-state index in [1.807, 2.05) is 25.1 Å². The van der Waals surface area contributed by atoms with Crippen molar-refractivity contribution in [2.45, 2.75) is 19.9 Å². The molecular weight excluding hydrogens is 186 g/mol. The van der Waals surface area contributed by atoms with Crippen LogP contribution in [-0.4, -0.2) is 18.1 Å². The lowest BCUT2D eigenvalue weighted by atomic mass is 10.1. The molecule has 0 aliphatic rings. The maximum Gasteiger partial charge on any atom is 0.129 e. The van der Waals surface area contributed by atoms with Gasteiger partial charge in [-0.05, 0) is 31.5 Å². The third-order valence-corrected chi connectivity index (χ3v) is 2.35. The molecule has 0 spiro atoms. The van der Waals surface area contributed by atoms with E-state index in [4.69, 9.17) is 5.73 Å². The van der Waals surface area contributed by atoms with Gasteiger partial charge >= 0.3 is 0 Å². The first kappa shape index (κ1) is 11.7. The van der Waals surface area contributed by atoms with Crippen LogP contribution in [0.3, 0.4) is 0 Å². The molecule has 1 heterocycles. The van der Waals surface area contributed by atoms with Crippen LogP contribution in [0.5, 0.6) is 0 Å². The molecule has 0 aliphatic carbocycles. The summed E-state index contributed by atoms with van der Waals surface area (Å²) in [6, 6.07) is 4.04. The van der Waals surface area contributed by atoms with E-state index in [1.165, 1.54) is 0 Å². The zero-order valence-electron chi connectivity index (χ0n) is 9.48. The van der Waals surface area contributed by atoms with Crippen molar-refractivity contribution in [2.24, 2.45) is 5.73 Å². The summed E-state index contributed by atoms with van der Waals surface area (Å²) in [5.74, 6) is 0.965. The first-order chi connectivity index (χ1) is 7.19. The van der Waals surface area contributed by atoms with Gasteiger partial charge in [-0.1, -0.05) is 6.08 Å². The number of nitrogens with zero attached hydrogens (tertiary/aromatic N) is 2. The highest BCUT2D eigenvalue weighted by Gasteiger charge is 2.06. The Morgan fingerprint density at radius 3 is 2.93 bits per heavy atom. The summed E-state index contributed by atoms with van der Waals surface area (Å²) in [6.07, 6.45) is 3.68. The highest BCUT2D eigenvalue weighted by molar-refractivity contribution is 5.42. The smallest absolute Gasteiger partial charge is 0.129 e. The summed E-state index contributed by atoms with van der Waals surface area (Å²) in [6.45, 7) is 9.54. The molecule has 1 rings (SSSR count). The maximum absolute atomic E-state index is 5.83. The molecule has 1 atom stereocenters. The molecule has 1 aromatic heterocycles. The van der Waals surface area contributed by atoms with Crippen LogP contribution in [0.15, 0.2) is 31.0 Å². The van der Waals surface area contributed by atoms with Crippen LogP contribution in [-0.2, 0) is 0 Å². The predicted octanol–water partition coefficient (Wildman–Crippen LogP) is 2.11. The molecule has 82 valence electrons. The fraction of sp³-hybridized carbons (Fsp3) is 0.417. The average molecular weight is 205 g/mol. The van der Waals surface area contributed by atoms with Crippen molar-refractivity contribution in [1.29, 1.82) is 0 Å². The van der Waals surface area contributed by atoms with E-state index in [0.717, 1.165) is 24.5 Å². The van der Waals surface area contributed by atoms with Crippen molar-refractivity contribution in [3.63, 3.8) is 0 Å². The molecule has 3 heteroatoms. The number of rotatable bonds is 5. The molecule has 0 unspecified atom stereocenters. The summed E-state index contributed by atoms with van der Waals surface area (Å²) < 4.78 is 0. The largest absolute Gasteiger partial charge is 0.353 e. The number of pyridine rings is 1. The number of anilines is 1. The monoisotopic (exact) mass is 205 g/mol. The number of aromatic nitrogens is 1. The summed E-state index contributed by atoms with van der Waals surface area (Å²) in [7, 11) is 0. The van der Waals surface area contributed by atoms with Gasteiger partial charge in [-0.3, -0.25) is 0 Å². The van der Waals surface area contributed by atoms with E-state index in [1.54, 1.807) is 6.20 Å². The van der Waals surface area contributed by atoms with Crippen molar-refractivity contribution in [3.8, 4) is 0 Å². The minimum absolute atomic E-state index is 0.0502. The van der Waals surface area contributed by atoms with Gasteiger partial charge in [0.25, 0.3) is 0 Å². The normalized spacial score (nSPS) is 12.2.